The van der Waals surface area contributed by atoms with Gasteiger partial charge in [0.15, 0.2) is 5.75 Å². The van der Waals surface area contributed by atoms with Gasteiger partial charge in [0.05, 0.1) is 7.11 Å². The van der Waals surface area contributed by atoms with E-state index in [1.807, 2.05) is 0 Å². The second-order valence-corrected chi connectivity index (χ2v) is 2.90. The molecule has 0 aliphatic heterocycles. The van der Waals surface area contributed by atoms with Crippen LogP contribution in [0.15, 0.2) is 12.3 Å². The van der Waals surface area contributed by atoms with E-state index in [2.05, 4.69) is 11.9 Å². The number of halogens is 1. The van der Waals surface area contributed by atoms with E-state index in [1.165, 1.54) is 13.3 Å². The van der Waals surface area contributed by atoms with Gasteiger partial charge < -0.3 is 4.74 Å². The SMILES string of the molecule is CCCCc1ccnc(F)c1OC. The Hall–Kier alpha value is -1.12. The van der Waals surface area contributed by atoms with Crippen LogP contribution in [0.4, 0.5) is 4.39 Å². The first-order valence-electron chi connectivity index (χ1n) is 4.47. The molecule has 0 spiro atoms. The van der Waals surface area contributed by atoms with Crippen molar-refractivity contribution in [2.24, 2.45) is 0 Å². The molecule has 0 aliphatic carbocycles. The minimum absolute atomic E-state index is 0.288. The molecule has 3 heteroatoms. The number of pyridine rings is 1. The van der Waals surface area contributed by atoms with E-state index in [0.29, 0.717) is 0 Å². The zero-order chi connectivity index (χ0) is 9.68. The number of nitrogens with zero attached hydrogens (tertiary/aromatic N) is 1. The lowest BCUT2D eigenvalue weighted by molar-refractivity contribution is 0.372. The van der Waals surface area contributed by atoms with Crippen LogP contribution in [0.25, 0.3) is 0 Å². The molecule has 72 valence electrons. The highest BCUT2D eigenvalue weighted by molar-refractivity contribution is 5.31. The average Bonchev–Trinajstić information content (AvgIpc) is 2.15. The first-order valence-corrected chi connectivity index (χ1v) is 4.47. The van der Waals surface area contributed by atoms with Crippen molar-refractivity contribution in [3.8, 4) is 5.75 Å². The topological polar surface area (TPSA) is 22.1 Å². The van der Waals surface area contributed by atoms with E-state index >= 15 is 0 Å². The molecule has 0 atom stereocenters. The molecule has 1 aromatic rings. The summed E-state index contributed by atoms with van der Waals surface area (Å²) in [7, 11) is 1.47. The lowest BCUT2D eigenvalue weighted by Gasteiger charge is -2.07. The molecule has 0 unspecified atom stereocenters. The summed E-state index contributed by atoms with van der Waals surface area (Å²) in [6.07, 6.45) is 4.45. The van der Waals surface area contributed by atoms with Gasteiger partial charge in [0.2, 0.25) is 0 Å². The standard InChI is InChI=1S/C10H14FNO/c1-3-4-5-8-6-7-12-10(11)9(8)13-2/h6-7H,3-5H2,1-2H3. The van der Waals surface area contributed by atoms with Crippen LogP contribution in [0, 0.1) is 5.95 Å². The Morgan fingerprint density at radius 3 is 2.92 bits per heavy atom. The molecule has 1 heterocycles. The van der Waals surface area contributed by atoms with Crippen LogP contribution in [0.3, 0.4) is 0 Å². The zero-order valence-corrected chi connectivity index (χ0v) is 8.01. The molecule has 0 radical (unpaired) electrons. The minimum Gasteiger partial charge on any atom is -0.492 e. The van der Waals surface area contributed by atoms with E-state index in [-0.39, 0.29) is 5.75 Å². The number of aryl methyl sites for hydroxylation is 1. The summed E-state index contributed by atoms with van der Waals surface area (Å²) >= 11 is 0. The maximum absolute atomic E-state index is 13.0. The summed E-state index contributed by atoms with van der Waals surface area (Å²) in [6, 6.07) is 1.80. The molecule has 0 N–H and O–H groups in total. The van der Waals surface area contributed by atoms with E-state index in [0.717, 1.165) is 24.8 Å². The Balaban J connectivity index is 2.85. The number of hydrogen-bond donors (Lipinski definition) is 0. The molecule has 0 bridgehead atoms. The fraction of sp³-hybridized carbons (Fsp3) is 0.500. The number of unbranched alkanes of at least 4 members (excludes halogenated alkanes) is 1. The maximum atomic E-state index is 13.0. The van der Waals surface area contributed by atoms with Gasteiger partial charge in [-0.05, 0) is 18.9 Å². The van der Waals surface area contributed by atoms with E-state index in [1.54, 1.807) is 6.07 Å². The highest BCUT2D eigenvalue weighted by Crippen LogP contribution is 2.21. The normalized spacial score (nSPS) is 10.1. The Kier molecular flexibility index (Phi) is 3.68. The summed E-state index contributed by atoms with van der Waals surface area (Å²) < 4.78 is 18.0. The van der Waals surface area contributed by atoms with Gasteiger partial charge in [-0.2, -0.15) is 4.39 Å². The molecule has 0 saturated heterocycles. The van der Waals surface area contributed by atoms with Gasteiger partial charge >= 0.3 is 0 Å². The lowest BCUT2D eigenvalue weighted by Crippen LogP contribution is -1.97. The summed E-state index contributed by atoms with van der Waals surface area (Å²) in [4.78, 5) is 3.53. The van der Waals surface area contributed by atoms with Gasteiger partial charge in [0, 0.05) is 11.8 Å². The van der Waals surface area contributed by atoms with Crippen molar-refractivity contribution in [1.82, 2.24) is 4.98 Å². The second kappa shape index (κ2) is 4.80. The second-order valence-electron chi connectivity index (χ2n) is 2.90. The van der Waals surface area contributed by atoms with Gasteiger partial charge in [-0.15, -0.1) is 0 Å². The van der Waals surface area contributed by atoms with E-state index < -0.39 is 5.95 Å². The van der Waals surface area contributed by atoms with Gasteiger partial charge in [-0.25, -0.2) is 4.98 Å². The van der Waals surface area contributed by atoms with E-state index in [9.17, 15) is 4.39 Å². The van der Waals surface area contributed by atoms with Gasteiger partial charge in [-0.3, -0.25) is 0 Å². The predicted molar refractivity (Wildman–Crippen MR) is 49.4 cm³/mol. The molecule has 0 fully saturated rings. The van der Waals surface area contributed by atoms with Gasteiger partial charge in [0.25, 0.3) is 5.95 Å². The molecule has 1 aromatic heterocycles. The first-order chi connectivity index (χ1) is 6.29. The lowest BCUT2D eigenvalue weighted by atomic mass is 10.1. The van der Waals surface area contributed by atoms with E-state index in [4.69, 9.17) is 4.74 Å². The Morgan fingerprint density at radius 1 is 1.54 bits per heavy atom. The van der Waals surface area contributed by atoms with Crippen LogP contribution >= 0.6 is 0 Å². The monoisotopic (exact) mass is 183 g/mol. The summed E-state index contributed by atoms with van der Waals surface area (Å²) in [5, 5.41) is 0. The van der Waals surface area contributed by atoms with Crippen LogP contribution in [-0.4, -0.2) is 12.1 Å². The smallest absolute Gasteiger partial charge is 0.255 e. The van der Waals surface area contributed by atoms with Crippen molar-refractivity contribution in [3.63, 3.8) is 0 Å². The fourth-order valence-corrected chi connectivity index (χ4v) is 1.24. The fourth-order valence-electron chi connectivity index (χ4n) is 1.24. The molecule has 0 saturated carbocycles. The largest absolute Gasteiger partial charge is 0.492 e. The van der Waals surface area contributed by atoms with Crippen molar-refractivity contribution in [3.05, 3.63) is 23.8 Å². The number of ether oxygens (including phenoxy) is 1. The van der Waals surface area contributed by atoms with Crippen molar-refractivity contribution in [2.45, 2.75) is 26.2 Å². The highest BCUT2D eigenvalue weighted by atomic mass is 19.1. The van der Waals surface area contributed by atoms with Gasteiger partial charge in [0.1, 0.15) is 0 Å². The summed E-state index contributed by atoms with van der Waals surface area (Å²) in [5.74, 6) is -0.230. The molecule has 0 amide bonds. The Morgan fingerprint density at radius 2 is 2.31 bits per heavy atom. The third-order valence-electron chi connectivity index (χ3n) is 1.95. The number of rotatable bonds is 4. The molecule has 1 rings (SSSR count). The summed E-state index contributed by atoms with van der Waals surface area (Å²) in [6.45, 7) is 2.10. The van der Waals surface area contributed by atoms with Crippen LogP contribution in [0.5, 0.6) is 5.75 Å². The quantitative estimate of drug-likeness (QED) is 0.669. The van der Waals surface area contributed by atoms with Crippen molar-refractivity contribution >= 4 is 0 Å². The number of aromatic nitrogens is 1. The van der Waals surface area contributed by atoms with Crippen LogP contribution < -0.4 is 4.74 Å². The Bertz CT molecular complexity index is 276. The molecular formula is C10H14FNO. The molecular weight excluding hydrogens is 169 g/mol. The van der Waals surface area contributed by atoms with Crippen molar-refractivity contribution in [1.29, 1.82) is 0 Å². The third-order valence-corrected chi connectivity index (χ3v) is 1.95. The third kappa shape index (κ3) is 2.41. The minimum atomic E-state index is -0.517. The van der Waals surface area contributed by atoms with Crippen LogP contribution in [-0.2, 0) is 6.42 Å². The molecule has 13 heavy (non-hydrogen) atoms. The number of methoxy groups -OCH3 is 1. The maximum Gasteiger partial charge on any atom is 0.255 e. The Labute approximate surface area is 77.8 Å². The first kappa shape index (κ1) is 9.96. The number of hydrogen-bond acceptors (Lipinski definition) is 2. The molecule has 0 aliphatic rings. The van der Waals surface area contributed by atoms with Crippen LogP contribution in [0.1, 0.15) is 25.3 Å². The zero-order valence-electron chi connectivity index (χ0n) is 8.01. The van der Waals surface area contributed by atoms with Crippen molar-refractivity contribution in [2.75, 3.05) is 7.11 Å². The van der Waals surface area contributed by atoms with Crippen molar-refractivity contribution < 1.29 is 9.13 Å². The molecule has 0 aromatic carbocycles. The average molecular weight is 183 g/mol. The predicted octanol–water partition coefficient (Wildman–Crippen LogP) is 2.57. The summed E-state index contributed by atoms with van der Waals surface area (Å²) in [5.41, 5.74) is 0.900. The highest BCUT2D eigenvalue weighted by Gasteiger charge is 2.08. The van der Waals surface area contributed by atoms with Crippen LogP contribution in [0.2, 0.25) is 0 Å². The molecule has 2 nitrogen and oxygen atoms in total. The van der Waals surface area contributed by atoms with Gasteiger partial charge in [-0.1, -0.05) is 13.3 Å².